The number of aliphatic hydroxyl groups is 3. The van der Waals surface area contributed by atoms with Crippen molar-refractivity contribution in [3.05, 3.63) is 36.6 Å². The third-order valence-electron chi connectivity index (χ3n) is 4.91. The van der Waals surface area contributed by atoms with Crippen LogP contribution >= 0.6 is 0 Å². The number of carbonyl (C=O) groups is 3. The summed E-state index contributed by atoms with van der Waals surface area (Å²) in [6.45, 7) is -1.17. The zero-order valence-electron chi connectivity index (χ0n) is 18.2. The zero-order chi connectivity index (χ0) is 25.2. The molecule has 12 heteroatoms. The van der Waals surface area contributed by atoms with Crippen LogP contribution in [-0.2, 0) is 28.6 Å². The molecule has 0 saturated heterocycles. The molecule has 0 aliphatic carbocycles. The topological polar surface area (TPSA) is 200 Å². The third-order valence-corrected chi connectivity index (χ3v) is 4.91. The summed E-state index contributed by atoms with van der Waals surface area (Å²) >= 11 is 0. The van der Waals surface area contributed by atoms with Gasteiger partial charge in [-0.15, -0.1) is 0 Å². The van der Waals surface area contributed by atoms with Crippen LogP contribution in [0.3, 0.4) is 0 Å². The quantitative estimate of drug-likeness (QED) is 0.0758. The van der Waals surface area contributed by atoms with E-state index in [0.717, 1.165) is 24.5 Å². The van der Waals surface area contributed by atoms with Crippen LogP contribution in [0, 0.1) is 10.8 Å². The summed E-state index contributed by atoms with van der Waals surface area (Å²) in [6, 6.07) is 0. The molecule has 0 amide bonds. The minimum atomic E-state index is -1.46. The normalized spacial score (nSPS) is 14.2. The van der Waals surface area contributed by atoms with Gasteiger partial charge in [-0.25, -0.2) is 14.4 Å². The molecule has 0 rings (SSSR count). The van der Waals surface area contributed by atoms with E-state index in [1.807, 2.05) is 0 Å². The van der Waals surface area contributed by atoms with Gasteiger partial charge >= 0.3 is 17.9 Å². The molecule has 0 spiro atoms. The van der Waals surface area contributed by atoms with E-state index >= 15 is 0 Å². The maximum atomic E-state index is 11.1. The number of aliphatic carboxylic acids is 3. The summed E-state index contributed by atoms with van der Waals surface area (Å²) in [5.41, 5.74) is -2.92. The molecular formula is C21H32O12. The number of rotatable bonds is 20. The van der Waals surface area contributed by atoms with Gasteiger partial charge in [0.1, 0.15) is 6.61 Å². The van der Waals surface area contributed by atoms with Crippen molar-refractivity contribution < 1.29 is 59.2 Å². The lowest BCUT2D eigenvalue weighted by Crippen LogP contribution is -2.47. The second-order valence-corrected chi connectivity index (χ2v) is 6.94. The lowest BCUT2D eigenvalue weighted by atomic mass is 9.60. The van der Waals surface area contributed by atoms with E-state index in [9.17, 15) is 29.7 Å². The lowest BCUT2D eigenvalue weighted by Gasteiger charge is -2.45. The predicted octanol–water partition coefficient (Wildman–Crippen LogP) is -0.354. The molecule has 0 radical (unpaired) electrons. The van der Waals surface area contributed by atoms with Gasteiger partial charge in [0.25, 0.3) is 0 Å². The van der Waals surface area contributed by atoms with Crippen LogP contribution in [0.4, 0.5) is 0 Å². The zero-order valence-corrected chi connectivity index (χ0v) is 18.2. The summed E-state index contributed by atoms with van der Waals surface area (Å²) in [7, 11) is 0. The highest BCUT2D eigenvalue weighted by Gasteiger charge is 2.47. The molecule has 0 saturated carbocycles. The van der Waals surface area contributed by atoms with Crippen molar-refractivity contribution in [2.24, 2.45) is 10.8 Å². The molecule has 12 nitrogen and oxygen atoms in total. The Morgan fingerprint density at radius 3 is 1.61 bits per heavy atom. The van der Waals surface area contributed by atoms with E-state index in [1.54, 1.807) is 0 Å². The van der Waals surface area contributed by atoms with Crippen molar-refractivity contribution >= 4 is 17.9 Å². The van der Waals surface area contributed by atoms with E-state index in [4.69, 9.17) is 29.5 Å². The Morgan fingerprint density at radius 1 is 0.667 bits per heavy atom. The lowest BCUT2D eigenvalue weighted by molar-refractivity contribution is -0.132. The van der Waals surface area contributed by atoms with Crippen LogP contribution < -0.4 is 0 Å². The maximum Gasteiger partial charge on any atom is 0.331 e. The van der Waals surface area contributed by atoms with Crippen LogP contribution in [0.25, 0.3) is 0 Å². The standard InChI is InChI=1S/C21H32O12/c22-8-6-21(15-23,16-24)20(4-1-17(25)26,5-2-18(27)28)7-10-32-12-14-33-13-11-31-9-3-19(29)30/h1-5,9,22-24H,6-8,10-16H2,(H,25,26)(H,27,28)(H,29,30). The number of carboxylic acid groups (broad SMARTS) is 3. The molecule has 0 aromatic heterocycles. The monoisotopic (exact) mass is 476 g/mol. The van der Waals surface area contributed by atoms with Gasteiger partial charge in [0.05, 0.1) is 45.4 Å². The Bertz CT molecular complexity index is 655. The van der Waals surface area contributed by atoms with Gasteiger partial charge in [0, 0.05) is 36.2 Å². The first-order valence-electron chi connectivity index (χ1n) is 10.0. The van der Waals surface area contributed by atoms with Gasteiger partial charge in [0.15, 0.2) is 0 Å². The summed E-state index contributed by atoms with van der Waals surface area (Å²) in [4.78, 5) is 32.5. The fraction of sp³-hybridized carbons (Fsp3) is 0.571. The molecule has 188 valence electrons. The molecule has 0 aliphatic rings. The SMILES string of the molecule is O=C(O)C=COCCOCCOCCC(C=CC(=O)O)(C=CC(=O)O)C(CO)(CO)CCO. The van der Waals surface area contributed by atoms with Crippen molar-refractivity contribution in [3.63, 3.8) is 0 Å². The highest BCUT2D eigenvalue weighted by Crippen LogP contribution is 2.47. The van der Waals surface area contributed by atoms with Crippen LogP contribution in [0.1, 0.15) is 12.8 Å². The van der Waals surface area contributed by atoms with E-state index in [-0.39, 0.29) is 45.9 Å². The number of allylic oxidation sites excluding steroid dienone is 2. The first-order valence-corrected chi connectivity index (χ1v) is 10.0. The average Bonchev–Trinajstić information content (AvgIpc) is 2.77. The molecule has 33 heavy (non-hydrogen) atoms. The van der Waals surface area contributed by atoms with Gasteiger partial charge in [-0.2, -0.15) is 0 Å². The van der Waals surface area contributed by atoms with Crippen molar-refractivity contribution in [2.45, 2.75) is 12.8 Å². The van der Waals surface area contributed by atoms with Gasteiger partial charge in [-0.1, -0.05) is 12.2 Å². The molecule has 0 atom stereocenters. The summed E-state index contributed by atoms with van der Waals surface area (Å²) in [5.74, 6) is -3.76. The number of hydrogen-bond acceptors (Lipinski definition) is 9. The van der Waals surface area contributed by atoms with Crippen molar-refractivity contribution in [1.29, 1.82) is 0 Å². The average molecular weight is 476 g/mol. The predicted molar refractivity (Wildman–Crippen MR) is 113 cm³/mol. The van der Waals surface area contributed by atoms with E-state index < -0.39 is 48.6 Å². The number of carboxylic acids is 3. The minimum absolute atomic E-state index is 0.00915. The smallest absolute Gasteiger partial charge is 0.331 e. The highest BCUT2D eigenvalue weighted by atomic mass is 16.5. The largest absolute Gasteiger partial charge is 0.499 e. The number of hydrogen-bond donors (Lipinski definition) is 6. The van der Waals surface area contributed by atoms with Gasteiger partial charge in [0.2, 0.25) is 0 Å². The Morgan fingerprint density at radius 2 is 1.15 bits per heavy atom. The van der Waals surface area contributed by atoms with Crippen LogP contribution in [-0.4, -0.2) is 101 Å². The number of ether oxygens (including phenoxy) is 3. The van der Waals surface area contributed by atoms with Crippen LogP contribution in [0.2, 0.25) is 0 Å². The first-order chi connectivity index (χ1) is 15.7. The molecule has 0 aromatic rings. The Labute approximate surface area is 191 Å². The van der Waals surface area contributed by atoms with E-state index in [2.05, 4.69) is 0 Å². The number of aliphatic hydroxyl groups excluding tert-OH is 3. The van der Waals surface area contributed by atoms with Crippen LogP contribution in [0.5, 0.6) is 0 Å². The fourth-order valence-corrected chi connectivity index (χ4v) is 3.07. The van der Waals surface area contributed by atoms with Gasteiger partial charge in [-0.05, 0) is 12.8 Å². The Balaban J connectivity index is 5.15. The molecule has 0 heterocycles. The van der Waals surface area contributed by atoms with E-state index in [0.29, 0.717) is 0 Å². The summed E-state index contributed by atoms with van der Waals surface area (Å²) in [6.07, 6.45) is 5.65. The molecule has 0 unspecified atom stereocenters. The highest BCUT2D eigenvalue weighted by molar-refractivity contribution is 5.81. The second-order valence-electron chi connectivity index (χ2n) is 6.94. The van der Waals surface area contributed by atoms with Crippen molar-refractivity contribution in [3.8, 4) is 0 Å². The van der Waals surface area contributed by atoms with E-state index in [1.165, 1.54) is 12.2 Å². The van der Waals surface area contributed by atoms with Crippen molar-refractivity contribution in [1.82, 2.24) is 0 Å². The molecular weight excluding hydrogens is 444 g/mol. The third kappa shape index (κ3) is 11.6. The Kier molecular flexibility index (Phi) is 15.4. The molecule has 0 bridgehead atoms. The first kappa shape index (κ1) is 30.2. The maximum absolute atomic E-state index is 11.1. The summed E-state index contributed by atoms with van der Waals surface area (Å²) < 4.78 is 15.6. The summed E-state index contributed by atoms with van der Waals surface area (Å²) in [5, 5.41) is 56.1. The fourth-order valence-electron chi connectivity index (χ4n) is 3.07. The molecule has 0 fully saturated rings. The van der Waals surface area contributed by atoms with Gasteiger partial charge in [-0.3, -0.25) is 0 Å². The Hall–Kier alpha value is -2.77. The second kappa shape index (κ2) is 16.8. The van der Waals surface area contributed by atoms with Crippen LogP contribution in [0.15, 0.2) is 36.6 Å². The van der Waals surface area contributed by atoms with Gasteiger partial charge < -0.3 is 44.8 Å². The molecule has 0 aromatic carbocycles. The minimum Gasteiger partial charge on any atom is -0.499 e. The van der Waals surface area contributed by atoms with Crippen molar-refractivity contribution in [2.75, 3.05) is 52.9 Å². The molecule has 0 aliphatic heterocycles. The molecule has 6 N–H and O–H groups in total.